The molecule has 3 N–H and O–H groups in total. The minimum absolute atomic E-state index is 0.00569. The lowest BCUT2D eigenvalue weighted by molar-refractivity contribution is -0.143. The van der Waals surface area contributed by atoms with Gasteiger partial charge in [-0.3, -0.25) is 9.59 Å². The number of carbonyl (C=O) groups is 2. The molecule has 0 aliphatic heterocycles. The summed E-state index contributed by atoms with van der Waals surface area (Å²) < 4.78 is 5.48. The van der Waals surface area contributed by atoms with Crippen molar-refractivity contribution < 1.29 is 24.5 Å². The Morgan fingerprint density at radius 1 is 0.397 bits per heavy atom. The highest BCUT2D eigenvalue weighted by Gasteiger charge is 2.20. The molecule has 6 heteroatoms. The Hall–Kier alpha value is -1.66. The molecule has 0 fully saturated rings. The average molecular weight is 959 g/mol. The fraction of sp³-hybridized carbons (Fsp3) is 0.903. The molecule has 0 radical (unpaired) electrons. The van der Waals surface area contributed by atoms with E-state index in [-0.39, 0.29) is 18.5 Å². The number of nitrogens with one attached hydrogen (secondary N) is 1. The van der Waals surface area contributed by atoms with Gasteiger partial charge >= 0.3 is 5.97 Å². The molecule has 0 aliphatic carbocycles. The second-order valence-electron chi connectivity index (χ2n) is 21.0. The number of hydrogen-bond acceptors (Lipinski definition) is 5. The second-order valence-corrected chi connectivity index (χ2v) is 21.0. The van der Waals surface area contributed by atoms with Crippen molar-refractivity contribution in [1.29, 1.82) is 0 Å². The van der Waals surface area contributed by atoms with Crippen molar-refractivity contribution in [3.05, 3.63) is 24.3 Å². The predicted molar refractivity (Wildman–Crippen MR) is 296 cm³/mol. The topological polar surface area (TPSA) is 95.9 Å². The van der Waals surface area contributed by atoms with E-state index in [1.165, 1.54) is 257 Å². The van der Waals surface area contributed by atoms with Crippen molar-refractivity contribution in [2.75, 3.05) is 13.2 Å². The van der Waals surface area contributed by atoms with Crippen molar-refractivity contribution in [3.63, 3.8) is 0 Å². The highest BCUT2D eigenvalue weighted by molar-refractivity contribution is 5.76. The van der Waals surface area contributed by atoms with Crippen LogP contribution in [-0.2, 0) is 14.3 Å². The van der Waals surface area contributed by atoms with Crippen molar-refractivity contribution in [3.8, 4) is 0 Å². The van der Waals surface area contributed by atoms with Crippen LogP contribution in [0.15, 0.2) is 24.3 Å². The smallest absolute Gasteiger partial charge is 0.305 e. The molecular weight excluding hydrogens is 839 g/mol. The number of aliphatic hydroxyl groups is 2. The molecule has 0 spiro atoms. The summed E-state index contributed by atoms with van der Waals surface area (Å²) in [5.41, 5.74) is 0. The first-order valence-electron chi connectivity index (χ1n) is 30.6. The molecule has 1 amide bonds. The Morgan fingerprint density at radius 2 is 0.691 bits per heavy atom. The second kappa shape index (κ2) is 57.9. The van der Waals surface area contributed by atoms with Gasteiger partial charge in [-0.2, -0.15) is 0 Å². The maximum Gasteiger partial charge on any atom is 0.305 e. The minimum Gasteiger partial charge on any atom is -0.466 e. The molecule has 0 aromatic rings. The van der Waals surface area contributed by atoms with Crippen LogP contribution in [0.25, 0.3) is 0 Å². The van der Waals surface area contributed by atoms with Gasteiger partial charge in [0.15, 0.2) is 0 Å². The van der Waals surface area contributed by atoms with Gasteiger partial charge < -0.3 is 20.3 Å². The van der Waals surface area contributed by atoms with E-state index in [2.05, 4.69) is 43.5 Å². The predicted octanol–water partition coefficient (Wildman–Crippen LogP) is 19.0. The summed E-state index contributed by atoms with van der Waals surface area (Å²) in [6.07, 6.45) is 70.5. The molecule has 0 aromatic heterocycles. The molecule has 6 nitrogen and oxygen atoms in total. The van der Waals surface area contributed by atoms with E-state index in [0.717, 1.165) is 44.9 Å². The van der Waals surface area contributed by atoms with Crippen LogP contribution in [0, 0.1) is 0 Å². The van der Waals surface area contributed by atoms with Crippen LogP contribution in [-0.4, -0.2) is 47.4 Å². The molecular formula is C62H119NO5. The molecule has 0 saturated carbocycles. The van der Waals surface area contributed by atoms with Crippen molar-refractivity contribution in [2.45, 2.75) is 347 Å². The van der Waals surface area contributed by atoms with Gasteiger partial charge in [0.05, 0.1) is 25.4 Å². The summed E-state index contributed by atoms with van der Waals surface area (Å²) in [5, 5.41) is 23.2. The molecule has 0 rings (SSSR count). The van der Waals surface area contributed by atoms with Crippen LogP contribution in [0.1, 0.15) is 335 Å². The van der Waals surface area contributed by atoms with Crippen molar-refractivity contribution >= 4 is 11.9 Å². The molecule has 402 valence electrons. The fourth-order valence-electron chi connectivity index (χ4n) is 9.51. The average Bonchev–Trinajstić information content (AvgIpc) is 3.34. The van der Waals surface area contributed by atoms with Crippen LogP contribution in [0.2, 0.25) is 0 Å². The molecule has 0 bridgehead atoms. The number of unbranched alkanes of at least 4 members (excludes halogenated alkanes) is 42. The first kappa shape index (κ1) is 66.3. The maximum absolute atomic E-state index is 12.4. The third-order valence-corrected chi connectivity index (χ3v) is 14.2. The monoisotopic (exact) mass is 958 g/mol. The number of ether oxygens (including phenoxy) is 1. The van der Waals surface area contributed by atoms with E-state index in [0.29, 0.717) is 25.9 Å². The summed E-state index contributed by atoms with van der Waals surface area (Å²) in [6, 6.07) is -0.542. The highest BCUT2D eigenvalue weighted by Crippen LogP contribution is 2.17. The lowest BCUT2D eigenvalue weighted by Gasteiger charge is -2.22. The number of aliphatic hydroxyl groups excluding tert-OH is 2. The SMILES string of the molecule is CCCCCCCC/C=C\CCCCCCCC(=O)OCCCCCCCCCCCCCC/C=C\CCCCCCCCCCCC(=O)NC(CO)C(O)CCCCCCCCCCCCC. The summed E-state index contributed by atoms with van der Waals surface area (Å²) in [4.78, 5) is 24.5. The molecule has 2 atom stereocenters. The molecule has 68 heavy (non-hydrogen) atoms. The highest BCUT2D eigenvalue weighted by atomic mass is 16.5. The molecule has 0 saturated heterocycles. The van der Waals surface area contributed by atoms with Crippen LogP contribution >= 0.6 is 0 Å². The van der Waals surface area contributed by atoms with E-state index in [4.69, 9.17) is 4.74 Å². The van der Waals surface area contributed by atoms with E-state index >= 15 is 0 Å². The summed E-state index contributed by atoms with van der Waals surface area (Å²) >= 11 is 0. The summed E-state index contributed by atoms with van der Waals surface area (Å²) in [7, 11) is 0. The Kier molecular flexibility index (Phi) is 56.5. The van der Waals surface area contributed by atoms with Gasteiger partial charge in [0, 0.05) is 12.8 Å². The molecule has 2 unspecified atom stereocenters. The van der Waals surface area contributed by atoms with Gasteiger partial charge in [-0.05, 0) is 77.0 Å². The van der Waals surface area contributed by atoms with Crippen molar-refractivity contribution in [1.82, 2.24) is 5.32 Å². The lowest BCUT2D eigenvalue weighted by atomic mass is 10.0. The minimum atomic E-state index is -0.664. The van der Waals surface area contributed by atoms with Gasteiger partial charge in [-0.15, -0.1) is 0 Å². The van der Waals surface area contributed by atoms with Crippen LogP contribution in [0.5, 0.6) is 0 Å². The fourth-order valence-corrected chi connectivity index (χ4v) is 9.51. The lowest BCUT2D eigenvalue weighted by Crippen LogP contribution is -2.45. The Bertz CT molecular complexity index is 1060. The van der Waals surface area contributed by atoms with Crippen LogP contribution in [0.4, 0.5) is 0 Å². The van der Waals surface area contributed by atoms with Gasteiger partial charge in [0.1, 0.15) is 0 Å². The van der Waals surface area contributed by atoms with Gasteiger partial charge in [0.25, 0.3) is 0 Å². The first-order chi connectivity index (χ1) is 33.5. The van der Waals surface area contributed by atoms with Crippen LogP contribution in [0.3, 0.4) is 0 Å². The largest absolute Gasteiger partial charge is 0.466 e. The third kappa shape index (κ3) is 53.7. The maximum atomic E-state index is 12.4. The Labute approximate surface area is 424 Å². The zero-order valence-corrected chi connectivity index (χ0v) is 45.9. The molecule has 0 aromatic carbocycles. The number of carbonyl (C=O) groups excluding carboxylic acids is 2. The van der Waals surface area contributed by atoms with Gasteiger partial charge in [-0.25, -0.2) is 0 Å². The van der Waals surface area contributed by atoms with E-state index in [1.54, 1.807) is 0 Å². The Morgan fingerprint density at radius 3 is 1.04 bits per heavy atom. The quantitative estimate of drug-likeness (QED) is 0.0321. The number of esters is 1. The normalized spacial score (nSPS) is 12.7. The van der Waals surface area contributed by atoms with Gasteiger partial charge in [-0.1, -0.05) is 269 Å². The van der Waals surface area contributed by atoms with E-state index in [9.17, 15) is 19.8 Å². The number of allylic oxidation sites excluding steroid dienone is 4. The zero-order valence-electron chi connectivity index (χ0n) is 45.9. The van der Waals surface area contributed by atoms with E-state index in [1.807, 2.05) is 0 Å². The third-order valence-electron chi connectivity index (χ3n) is 14.2. The number of rotatable bonds is 57. The summed E-state index contributed by atoms with van der Waals surface area (Å²) in [6.45, 7) is 4.95. The first-order valence-corrected chi connectivity index (χ1v) is 30.6. The standard InChI is InChI=1S/C62H119NO5/c1-3-5-7-9-11-13-15-16-28-32-36-40-44-48-52-56-62(67)68-57-53-49-45-41-37-33-30-27-25-23-21-19-17-18-20-22-24-26-29-31-35-39-43-47-51-55-61(66)63-59(58-64)60(65)54-50-46-42-38-34-14-12-10-8-6-4-2/h16,18,20,28,59-60,64-65H,3-15,17,19,21-27,29-58H2,1-2H3,(H,63,66)/b20-18-,28-16-. The molecule has 0 aliphatic rings. The zero-order chi connectivity index (χ0) is 49.3. The van der Waals surface area contributed by atoms with Crippen LogP contribution < -0.4 is 5.32 Å². The summed E-state index contributed by atoms with van der Waals surface area (Å²) in [5.74, 6) is -0.0326. The number of amides is 1. The van der Waals surface area contributed by atoms with Crippen molar-refractivity contribution in [2.24, 2.45) is 0 Å². The molecule has 0 heterocycles. The van der Waals surface area contributed by atoms with E-state index < -0.39 is 12.1 Å². The van der Waals surface area contributed by atoms with Gasteiger partial charge in [0.2, 0.25) is 5.91 Å². The Balaban J connectivity index is 3.37. The number of hydrogen-bond donors (Lipinski definition) is 3.